The predicted octanol–water partition coefficient (Wildman–Crippen LogP) is 1.23. The second kappa shape index (κ2) is 4.49. The van der Waals surface area contributed by atoms with Gasteiger partial charge in [0.2, 0.25) is 5.91 Å². The number of carbonyl (C=O) groups is 1. The Labute approximate surface area is 90.0 Å². The number of hydrogen-bond donors (Lipinski definition) is 1. The minimum atomic E-state index is -0.482. The fraction of sp³-hybridized carbons (Fsp3) is 0.900. The van der Waals surface area contributed by atoms with Crippen LogP contribution < -0.4 is 0 Å². The van der Waals surface area contributed by atoms with E-state index in [1.54, 1.807) is 4.90 Å². The number of nitrogens with zero attached hydrogens (tertiary/aromatic N) is 1. The van der Waals surface area contributed by atoms with Gasteiger partial charge in [0.15, 0.2) is 0 Å². The van der Waals surface area contributed by atoms with Gasteiger partial charge in [0.1, 0.15) is 0 Å². The number of halogens is 1. The fourth-order valence-electron chi connectivity index (χ4n) is 1.55. The summed E-state index contributed by atoms with van der Waals surface area (Å²) in [6.07, 6.45) is 1.13. The molecule has 0 unspecified atom stereocenters. The highest BCUT2D eigenvalue weighted by atomic mass is 35.5. The van der Waals surface area contributed by atoms with E-state index in [9.17, 15) is 9.90 Å². The second-order valence-electron chi connectivity index (χ2n) is 4.54. The Balaban J connectivity index is 2.54. The number of hydrogen-bond acceptors (Lipinski definition) is 2. The van der Waals surface area contributed by atoms with Crippen molar-refractivity contribution in [1.82, 2.24) is 4.90 Å². The number of rotatable bonds is 2. The van der Waals surface area contributed by atoms with Gasteiger partial charge in [-0.3, -0.25) is 4.79 Å². The van der Waals surface area contributed by atoms with Crippen LogP contribution in [0.2, 0.25) is 0 Å². The number of aliphatic hydroxyl groups excluding tert-OH is 1. The average molecular weight is 220 g/mol. The molecular weight excluding hydrogens is 202 g/mol. The summed E-state index contributed by atoms with van der Waals surface area (Å²) in [4.78, 5) is 13.7. The summed E-state index contributed by atoms with van der Waals surface area (Å²) in [7, 11) is 0. The molecular formula is C10H18ClNO2. The lowest BCUT2D eigenvalue weighted by Gasteiger charge is -2.34. The minimum Gasteiger partial charge on any atom is -0.393 e. The van der Waals surface area contributed by atoms with Gasteiger partial charge in [0.05, 0.1) is 11.5 Å². The minimum absolute atomic E-state index is 0.0967. The second-order valence-corrected chi connectivity index (χ2v) is 4.81. The van der Waals surface area contributed by atoms with Gasteiger partial charge >= 0.3 is 0 Å². The summed E-state index contributed by atoms with van der Waals surface area (Å²) < 4.78 is 0. The van der Waals surface area contributed by atoms with Crippen molar-refractivity contribution in [3.8, 4) is 0 Å². The molecule has 1 heterocycles. The summed E-state index contributed by atoms with van der Waals surface area (Å²) in [6, 6.07) is 0. The third-order valence-corrected chi connectivity index (χ3v) is 3.33. The van der Waals surface area contributed by atoms with Crippen molar-refractivity contribution in [2.45, 2.75) is 32.8 Å². The van der Waals surface area contributed by atoms with E-state index in [2.05, 4.69) is 0 Å². The first-order valence-corrected chi connectivity index (χ1v) is 5.54. The Kier molecular flexibility index (Phi) is 3.78. The molecule has 3 nitrogen and oxygen atoms in total. The van der Waals surface area contributed by atoms with Crippen LogP contribution in [-0.4, -0.2) is 41.0 Å². The first-order valence-electron chi connectivity index (χ1n) is 5.01. The molecule has 1 amide bonds. The van der Waals surface area contributed by atoms with Crippen molar-refractivity contribution in [1.29, 1.82) is 0 Å². The van der Waals surface area contributed by atoms with Crippen LogP contribution in [0.1, 0.15) is 26.7 Å². The van der Waals surface area contributed by atoms with Gasteiger partial charge in [-0.1, -0.05) is 0 Å². The summed E-state index contributed by atoms with van der Waals surface area (Å²) >= 11 is 5.74. The largest absolute Gasteiger partial charge is 0.393 e. The standard InChI is InChI=1S/C10H18ClNO2/c1-10(2,7-11)9(14)12-5-3-8(13)4-6-12/h8,13H,3-7H2,1-2H3. The Morgan fingerprint density at radius 3 is 2.43 bits per heavy atom. The molecule has 4 heteroatoms. The van der Waals surface area contributed by atoms with Crippen molar-refractivity contribution >= 4 is 17.5 Å². The van der Waals surface area contributed by atoms with Crippen LogP contribution in [0.4, 0.5) is 0 Å². The Hall–Kier alpha value is -0.280. The van der Waals surface area contributed by atoms with Gasteiger partial charge in [0, 0.05) is 19.0 Å². The van der Waals surface area contributed by atoms with Crippen LogP contribution >= 0.6 is 11.6 Å². The van der Waals surface area contributed by atoms with Gasteiger partial charge in [0.25, 0.3) is 0 Å². The molecule has 0 aliphatic carbocycles. The topological polar surface area (TPSA) is 40.5 Å². The number of aliphatic hydroxyl groups is 1. The molecule has 0 bridgehead atoms. The molecule has 14 heavy (non-hydrogen) atoms. The van der Waals surface area contributed by atoms with Crippen LogP contribution in [0.25, 0.3) is 0 Å². The van der Waals surface area contributed by atoms with Gasteiger partial charge in [-0.2, -0.15) is 0 Å². The first kappa shape index (κ1) is 11.8. The predicted molar refractivity (Wildman–Crippen MR) is 56.3 cm³/mol. The normalized spacial score (nSPS) is 19.9. The van der Waals surface area contributed by atoms with Crippen LogP contribution in [-0.2, 0) is 4.79 Å². The molecule has 0 aromatic rings. The summed E-state index contributed by atoms with van der Waals surface area (Å²) in [6.45, 7) is 5.02. The zero-order valence-corrected chi connectivity index (χ0v) is 9.55. The highest BCUT2D eigenvalue weighted by molar-refractivity contribution is 6.19. The number of alkyl halides is 1. The monoisotopic (exact) mass is 219 g/mol. The van der Waals surface area contributed by atoms with Gasteiger partial charge in [-0.15, -0.1) is 11.6 Å². The highest BCUT2D eigenvalue weighted by Crippen LogP contribution is 2.23. The molecule has 1 N–H and O–H groups in total. The zero-order chi connectivity index (χ0) is 10.8. The lowest BCUT2D eigenvalue weighted by Crippen LogP contribution is -2.46. The van der Waals surface area contributed by atoms with E-state index in [1.165, 1.54) is 0 Å². The lowest BCUT2D eigenvalue weighted by molar-refractivity contribution is -0.141. The molecule has 0 spiro atoms. The van der Waals surface area contributed by atoms with Gasteiger partial charge < -0.3 is 10.0 Å². The van der Waals surface area contributed by atoms with E-state index >= 15 is 0 Å². The molecule has 0 aromatic heterocycles. The third-order valence-electron chi connectivity index (χ3n) is 2.66. The lowest BCUT2D eigenvalue weighted by atomic mass is 9.93. The zero-order valence-electron chi connectivity index (χ0n) is 8.79. The molecule has 1 saturated heterocycles. The van der Waals surface area contributed by atoms with Crippen molar-refractivity contribution in [3.05, 3.63) is 0 Å². The average Bonchev–Trinajstić information content (AvgIpc) is 2.18. The van der Waals surface area contributed by atoms with E-state index in [0.29, 0.717) is 31.8 Å². The van der Waals surface area contributed by atoms with E-state index in [-0.39, 0.29) is 12.0 Å². The molecule has 82 valence electrons. The van der Waals surface area contributed by atoms with Crippen molar-refractivity contribution in [2.75, 3.05) is 19.0 Å². The first-order chi connectivity index (χ1) is 6.47. The maximum Gasteiger partial charge on any atom is 0.229 e. The molecule has 0 radical (unpaired) electrons. The maximum atomic E-state index is 11.9. The number of carbonyl (C=O) groups excluding carboxylic acids is 1. The Bertz CT molecular complexity index is 210. The quantitative estimate of drug-likeness (QED) is 0.710. The van der Waals surface area contributed by atoms with Crippen molar-refractivity contribution in [3.63, 3.8) is 0 Å². The SMILES string of the molecule is CC(C)(CCl)C(=O)N1CCC(O)CC1. The van der Waals surface area contributed by atoms with E-state index < -0.39 is 5.41 Å². The smallest absolute Gasteiger partial charge is 0.229 e. The Morgan fingerprint density at radius 1 is 1.50 bits per heavy atom. The van der Waals surface area contributed by atoms with Gasteiger partial charge in [-0.25, -0.2) is 0 Å². The molecule has 0 saturated carbocycles. The number of amides is 1. The maximum absolute atomic E-state index is 11.9. The summed E-state index contributed by atoms with van der Waals surface area (Å²) in [5.41, 5.74) is -0.482. The Morgan fingerprint density at radius 2 is 2.00 bits per heavy atom. The highest BCUT2D eigenvalue weighted by Gasteiger charge is 2.32. The van der Waals surface area contributed by atoms with Crippen LogP contribution in [0.3, 0.4) is 0 Å². The molecule has 0 atom stereocenters. The van der Waals surface area contributed by atoms with E-state index in [4.69, 9.17) is 11.6 Å². The summed E-state index contributed by atoms with van der Waals surface area (Å²) in [5.74, 6) is 0.435. The molecule has 1 aliphatic rings. The van der Waals surface area contributed by atoms with Crippen molar-refractivity contribution < 1.29 is 9.90 Å². The van der Waals surface area contributed by atoms with Crippen LogP contribution in [0.15, 0.2) is 0 Å². The van der Waals surface area contributed by atoms with E-state index in [0.717, 1.165) is 0 Å². The third kappa shape index (κ3) is 2.61. The van der Waals surface area contributed by atoms with Crippen LogP contribution in [0, 0.1) is 5.41 Å². The van der Waals surface area contributed by atoms with Crippen molar-refractivity contribution in [2.24, 2.45) is 5.41 Å². The molecule has 0 aromatic carbocycles. The molecule has 1 rings (SSSR count). The molecule has 1 fully saturated rings. The number of likely N-dealkylation sites (tertiary alicyclic amines) is 1. The molecule has 1 aliphatic heterocycles. The number of piperidine rings is 1. The fourth-order valence-corrected chi connectivity index (χ4v) is 1.67. The van der Waals surface area contributed by atoms with Crippen LogP contribution in [0.5, 0.6) is 0 Å². The van der Waals surface area contributed by atoms with E-state index in [1.807, 2.05) is 13.8 Å². The van der Waals surface area contributed by atoms with Gasteiger partial charge in [-0.05, 0) is 26.7 Å². The summed E-state index contributed by atoms with van der Waals surface area (Å²) in [5, 5.41) is 9.30.